The largest absolute Gasteiger partial charge is 0.466 e. The Hall–Kier alpha value is -0.833. The van der Waals surface area contributed by atoms with Crippen LogP contribution < -0.4 is 0 Å². The van der Waals surface area contributed by atoms with Gasteiger partial charge in [0.1, 0.15) is 10.4 Å². The zero-order valence-electron chi connectivity index (χ0n) is 15.5. The molecule has 0 fully saturated rings. The van der Waals surface area contributed by atoms with Crippen molar-refractivity contribution in [1.29, 1.82) is 0 Å². The highest BCUT2D eigenvalue weighted by Gasteiger charge is 2.26. The Morgan fingerprint density at radius 1 is 1.19 bits per heavy atom. The summed E-state index contributed by atoms with van der Waals surface area (Å²) in [5.74, 6) is -2.26. The molecular weight excluding hydrogens is 455 g/mol. The third-order valence-electron chi connectivity index (χ3n) is 3.96. The molecule has 0 saturated heterocycles. The SMILES string of the molecule is Cc1cc(Br)ncc1C(SCCCCO[Si+](C)C)c1c(F)ccc(F)c1F. The van der Waals surface area contributed by atoms with E-state index in [-0.39, 0.29) is 5.56 Å². The summed E-state index contributed by atoms with van der Waals surface area (Å²) in [5, 5.41) is -0.667. The van der Waals surface area contributed by atoms with Crippen molar-refractivity contribution in [1.82, 2.24) is 4.98 Å². The second-order valence-electron chi connectivity index (χ2n) is 6.34. The van der Waals surface area contributed by atoms with Gasteiger partial charge < -0.3 is 0 Å². The minimum atomic E-state index is -1.14. The molecule has 0 amide bonds. The van der Waals surface area contributed by atoms with Crippen LogP contribution in [0.1, 0.15) is 34.8 Å². The molecule has 27 heavy (non-hydrogen) atoms. The van der Waals surface area contributed by atoms with E-state index in [1.165, 1.54) is 11.8 Å². The Balaban J connectivity index is 2.24. The van der Waals surface area contributed by atoms with E-state index in [0.29, 0.717) is 22.5 Å². The number of benzene rings is 1. The topological polar surface area (TPSA) is 22.1 Å². The standard InChI is InChI=1S/C19H22BrF3NOSSi/c1-12-10-16(20)24-11-13(12)19(26-9-5-4-8-25-27(2)3)17-14(21)6-7-15(22)18(17)23/h6-7,10-11,19H,4-5,8-9H2,1-3H3/q+1. The Morgan fingerprint density at radius 3 is 2.56 bits per heavy atom. The van der Waals surface area contributed by atoms with E-state index >= 15 is 0 Å². The molecule has 0 radical (unpaired) electrons. The maximum Gasteiger partial charge on any atom is 0.466 e. The number of pyridine rings is 1. The summed E-state index contributed by atoms with van der Waals surface area (Å²) in [6, 6.07) is 3.58. The molecule has 2 nitrogen and oxygen atoms in total. The molecule has 146 valence electrons. The van der Waals surface area contributed by atoms with Crippen molar-refractivity contribution in [2.24, 2.45) is 0 Å². The number of hydrogen-bond donors (Lipinski definition) is 0. The van der Waals surface area contributed by atoms with E-state index in [1.807, 2.05) is 6.92 Å². The highest BCUT2D eigenvalue weighted by molar-refractivity contribution is 9.10. The Labute approximate surface area is 172 Å². The summed E-state index contributed by atoms with van der Waals surface area (Å²) < 4.78 is 48.9. The lowest BCUT2D eigenvalue weighted by molar-refractivity contribution is 0.318. The van der Waals surface area contributed by atoms with Crippen molar-refractivity contribution in [2.45, 2.75) is 38.1 Å². The number of thioether (sulfide) groups is 1. The van der Waals surface area contributed by atoms with E-state index in [1.54, 1.807) is 12.3 Å². The molecule has 1 unspecified atom stereocenters. The van der Waals surface area contributed by atoms with E-state index in [0.717, 1.165) is 30.5 Å². The minimum Gasteiger partial charge on any atom is -0.249 e. The third-order valence-corrected chi connectivity index (χ3v) is 6.52. The van der Waals surface area contributed by atoms with Gasteiger partial charge in [0, 0.05) is 11.8 Å². The molecule has 0 bridgehead atoms. The average Bonchev–Trinajstić information content (AvgIpc) is 2.60. The maximum atomic E-state index is 14.5. The number of aryl methyl sites for hydroxylation is 1. The molecule has 0 aliphatic heterocycles. The van der Waals surface area contributed by atoms with E-state index < -0.39 is 31.7 Å². The van der Waals surface area contributed by atoms with Gasteiger partial charge in [-0.3, -0.25) is 0 Å². The van der Waals surface area contributed by atoms with Gasteiger partial charge in [-0.25, -0.2) is 22.6 Å². The fourth-order valence-electron chi connectivity index (χ4n) is 2.60. The summed E-state index contributed by atoms with van der Waals surface area (Å²) in [7, 11) is -0.709. The van der Waals surface area contributed by atoms with Gasteiger partial charge in [-0.1, -0.05) is 0 Å². The zero-order valence-corrected chi connectivity index (χ0v) is 18.9. The Kier molecular flexibility index (Phi) is 8.85. The summed E-state index contributed by atoms with van der Waals surface area (Å²) >= 11 is 4.69. The van der Waals surface area contributed by atoms with Crippen molar-refractivity contribution in [3.8, 4) is 0 Å². The molecule has 1 aromatic heterocycles. The summed E-state index contributed by atoms with van der Waals surface area (Å²) in [5.41, 5.74) is 1.26. The lowest BCUT2D eigenvalue weighted by atomic mass is 10.0. The molecule has 0 spiro atoms. The molecule has 0 aliphatic rings. The monoisotopic (exact) mass is 476 g/mol. The van der Waals surface area contributed by atoms with Crippen molar-refractivity contribution in [3.05, 3.63) is 63.1 Å². The van der Waals surface area contributed by atoms with Gasteiger partial charge in [-0.05, 0) is 70.8 Å². The van der Waals surface area contributed by atoms with Gasteiger partial charge in [0.15, 0.2) is 11.6 Å². The fourth-order valence-corrected chi connectivity index (χ4v) is 5.01. The predicted molar refractivity (Wildman–Crippen MR) is 110 cm³/mol. The lowest BCUT2D eigenvalue weighted by Gasteiger charge is -2.21. The maximum absolute atomic E-state index is 14.5. The summed E-state index contributed by atoms with van der Waals surface area (Å²) in [6.07, 6.45) is 3.31. The second kappa shape index (κ2) is 10.6. The third kappa shape index (κ3) is 6.34. The first-order chi connectivity index (χ1) is 12.8. The van der Waals surface area contributed by atoms with Gasteiger partial charge in [0.05, 0.1) is 25.0 Å². The van der Waals surface area contributed by atoms with E-state index in [2.05, 4.69) is 34.0 Å². The van der Waals surface area contributed by atoms with Gasteiger partial charge in [-0.15, -0.1) is 11.8 Å². The normalized spacial score (nSPS) is 12.3. The first-order valence-corrected chi connectivity index (χ1v) is 12.9. The second-order valence-corrected chi connectivity index (χ2v) is 10.5. The van der Waals surface area contributed by atoms with Crippen LogP contribution in [0.2, 0.25) is 13.1 Å². The smallest absolute Gasteiger partial charge is 0.249 e. The first kappa shape index (κ1) is 22.5. The molecule has 8 heteroatoms. The van der Waals surface area contributed by atoms with Crippen LogP contribution in [-0.4, -0.2) is 26.4 Å². The number of unbranched alkanes of at least 4 members (excludes halogenated alkanes) is 1. The molecule has 0 saturated carbocycles. The number of hydrogen-bond acceptors (Lipinski definition) is 3. The highest BCUT2D eigenvalue weighted by Crippen LogP contribution is 2.40. The van der Waals surface area contributed by atoms with Crippen molar-refractivity contribution in [3.63, 3.8) is 0 Å². The van der Waals surface area contributed by atoms with Crippen LogP contribution in [0.4, 0.5) is 13.2 Å². The molecular formula is C19H22BrF3NOSSi+. The number of aromatic nitrogens is 1. The van der Waals surface area contributed by atoms with Crippen LogP contribution >= 0.6 is 27.7 Å². The van der Waals surface area contributed by atoms with Gasteiger partial charge in [-0.2, -0.15) is 0 Å². The Morgan fingerprint density at radius 2 is 1.89 bits per heavy atom. The number of halogens is 4. The molecule has 1 heterocycles. The van der Waals surface area contributed by atoms with Crippen LogP contribution in [0.3, 0.4) is 0 Å². The minimum absolute atomic E-state index is 0.254. The van der Waals surface area contributed by atoms with Crippen molar-refractivity contribution in [2.75, 3.05) is 12.4 Å². The molecule has 0 aliphatic carbocycles. The predicted octanol–water partition coefficient (Wildman–Crippen LogP) is 6.44. The summed E-state index contributed by atoms with van der Waals surface area (Å²) in [4.78, 5) is 4.19. The van der Waals surface area contributed by atoms with E-state index in [9.17, 15) is 13.2 Å². The fraction of sp³-hybridized carbons (Fsp3) is 0.421. The van der Waals surface area contributed by atoms with Crippen LogP contribution in [-0.2, 0) is 4.43 Å². The number of nitrogens with zero attached hydrogens (tertiary/aromatic N) is 1. The molecule has 1 aromatic carbocycles. The van der Waals surface area contributed by atoms with E-state index in [4.69, 9.17) is 4.43 Å². The van der Waals surface area contributed by atoms with Gasteiger partial charge >= 0.3 is 9.04 Å². The quantitative estimate of drug-likeness (QED) is 0.180. The molecule has 2 rings (SSSR count). The average molecular weight is 477 g/mol. The lowest BCUT2D eigenvalue weighted by Crippen LogP contribution is -2.10. The van der Waals surface area contributed by atoms with Crippen LogP contribution in [0.25, 0.3) is 0 Å². The molecule has 2 aromatic rings. The van der Waals surface area contributed by atoms with Crippen molar-refractivity contribution < 1.29 is 17.6 Å². The van der Waals surface area contributed by atoms with Crippen LogP contribution in [0.15, 0.2) is 29.0 Å². The molecule has 1 atom stereocenters. The van der Waals surface area contributed by atoms with Crippen molar-refractivity contribution >= 4 is 36.7 Å². The highest BCUT2D eigenvalue weighted by atomic mass is 79.9. The summed E-state index contributed by atoms with van der Waals surface area (Å²) in [6.45, 7) is 6.70. The Bertz CT molecular complexity index is 779. The van der Waals surface area contributed by atoms with Gasteiger partial charge in [0.2, 0.25) is 0 Å². The number of rotatable bonds is 9. The van der Waals surface area contributed by atoms with Crippen LogP contribution in [0, 0.1) is 24.4 Å². The zero-order chi connectivity index (χ0) is 20.0. The van der Waals surface area contributed by atoms with Crippen LogP contribution in [0.5, 0.6) is 0 Å². The van der Waals surface area contributed by atoms with Gasteiger partial charge in [0.25, 0.3) is 0 Å². The molecule has 0 N–H and O–H groups in total. The first-order valence-electron chi connectivity index (χ1n) is 8.61.